The average Bonchev–Trinajstić information content (AvgIpc) is 3.50. The van der Waals surface area contributed by atoms with Crippen molar-refractivity contribution < 1.29 is 9.59 Å². The minimum atomic E-state index is -0.394. The quantitative estimate of drug-likeness (QED) is 0.670. The van der Waals surface area contributed by atoms with Gasteiger partial charge in [-0.2, -0.15) is 5.10 Å². The van der Waals surface area contributed by atoms with Gasteiger partial charge in [-0.1, -0.05) is 18.2 Å². The zero-order valence-electron chi connectivity index (χ0n) is 17.9. The minimum Gasteiger partial charge on any atom is -0.353 e. The second kappa shape index (κ2) is 7.50. The molecule has 2 fully saturated rings. The van der Waals surface area contributed by atoms with E-state index < -0.39 is 5.54 Å². The van der Waals surface area contributed by atoms with Crippen LogP contribution >= 0.6 is 0 Å². The van der Waals surface area contributed by atoms with E-state index in [1.807, 2.05) is 47.8 Å². The van der Waals surface area contributed by atoms with Gasteiger partial charge in [0.1, 0.15) is 0 Å². The van der Waals surface area contributed by atoms with Crippen LogP contribution in [0.5, 0.6) is 0 Å². The summed E-state index contributed by atoms with van der Waals surface area (Å²) in [6.07, 6.45) is 1.75. The molecule has 2 aliphatic rings. The van der Waals surface area contributed by atoms with Gasteiger partial charge in [-0.3, -0.25) is 14.3 Å². The van der Waals surface area contributed by atoms with E-state index in [1.165, 1.54) is 0 Å². The summed E-state index contributed by atoms with van der Waals surface area (Å²) < 4.78 is 1.89. The summed E-state index contributed by atoms with van der Waals surface area (Å²) in [5, 5.41) is 11.9. The van der Waals surface area contributed by atoms with Gasteiger partial charge in [0.2, 0.25) is 5.91 Å². The first-order valence-corrected chi connectivity index (χ1v) is 10.8. The standard InChI is InChI=1S/C24H27N5O2/c1-16-20-15-19(7-8-21(20)28(2)27-16)17-3-5-18(6-4-17)22(30)29-13-11-25-23(31)24(9-10-24)26-12-14-29/h3-8,15,26H,9-14H2,1-2H3,(H,25,31). The molecule has 2 heterocycles. The van der Waals surface area contributed by atoms with Crippen molar-refractivity contribution in [1.82, 2.24) is 25.3 Å². The Labute approximate surface area is 181 Å². The lowest BCUT2D eigenvalue weighted by Crippen LogP contribution is -2.46. The number of hydrogen-bond acceptors (Lipinski definition) is 4. The Hall–Kier alpha value is -3.19. The molecule has 7 heteroatoms. The van der Waals surface area contributed by atoms with E-state index in [1.54, 1.807) is 0 Å². The maximum absolute atomic E-state index is 13.1. The number of amides is 2. The predicted molar refractivity (Wildman–Crippen MR) is 120 cm³/mol. The summed E-state index contributed by atoms with van der Waals surface area (Å²) in [5.74, 6) is 0.0554. The SMILES string of the molecule is Cc1nn(C)c2ccc(-c3ccc(C(=O)N4CCNC(=O)C5(CC5)NCC4)cc3)cc12. The van der Waals surface area contributed by atoms with Crippen molar-refractivity contribution in [3.63, 3.8) is 0 Å². The smallest absolute Gasteiger partial charge is 0.253 e. The molecule has 2 N–H and O–H groups in total. The first-order chi connectivity index (χ1) is 15.0. The molecule has 1 saturated heterocycles. The summed E-state index contributed by atoms with van der Waals surface area (Å²) in [7, 11) is 1.95. The first kappa shape index (κ1) is 19.8. The zero-order valence-corrected chi connectivity index (χ0v) is 17.9. The maximum Gasteiger partial charge on any atom is 0.253 e. The van der Waals surface area contributed by atoms with Gasteiger partial charge < -0.3 is 15.5 Å². The molecule has 0 radical (unpaired) electrons. The van der Waals surface area contributed by atoms with Crippen molar-refractivity contribution >= 4 is 22.7 Å². The number of nitrogens with one attached hydrogen (secondary N) is 2. The third-order valence-corrected chi connectivity index (χ3v) is 6.48. The molecule has 5 rings (SSSR count). The van der Waals surface area contributed by atoms with E-state index in [0.29, 0.717) is 31.7 Å². The number of benzene rings is 2. The molecule has 2 aromatic carbocycles. The Bertz CT molecular complexity index is 1160. The van der Waals surface area contributed by atoms with Gasteiger partial charge in [0.15, 0.2) is 0 Å². The van der Waals surface area contributed by atoms with Crippen LogP contribution in [0.25, 0.3) is 22.0 Å². The number of nitrogens with zero attached hydrogens (tertiary/aromatic N) is 3. The number of hydrogen-bond donors (Lipinski definition) is 2. The van der Waals surface area contributed by atoms with Crippen LogP contribution in [-0.4, -0.2) is 58.2 Å². The molecule has 0 bridgehead atoms. The topological polar surface area (TPSA) is 79.3 Å². The van der Waals surface area contributed by atoms with E-state index in [2.05, 4.69) is 33.9 Å². The molecule has 3 aromatic rings. The Kier molecular flexibility index (Phi) is 4.78. The molecule has 1 aliphatic carbocycles. The molecule has 0 atom stereocenters. The lowest BCUT2D eigenvalue weighted by molar-refractivity contribution is -0.124. The molecular formula is C24H27N5O2. The van der Waals surface area contributed by atoms with Crippen molar-refractivity contribution in [2.24, 2.45) is 7.05 Å². The highest BCUT2D eigenvalue weighted by atomic mass is 16.2. The molecule has 160 valence electrons. The van der Waals surface area contributed by atoms with Crippen molar-refractivity contribution in [2.45, 2.75) is 25.3 Å². The Morgan fingerprint density at radius 1 is 1.03 bits per heavy atom. The van der Waals surface area contributed by atoms with Gasteiger partial charge >= 0.3 is 0 Å². The van der Waals surface area contributed by atoms with Crippen molar-refractivity contribution in [2.75, 3.05) is 26.2 Å². The average molecular weight is 418 g/mol. The fourth-order valence-electron chi connectivity index (χ4n) is 4.44. The number of fused-ring (bicyclic) bond motifs is 1. The third-order valence-electron chi connectivity index (χ3n) is 6.48. The highest BCUT2D eigenvalue weighted by Gasteiger charge is 2.49. The molecular weight excluding hydrogens is 390 g/mol. The van der Waals surface area contributed by atoms with Crippen LogP contribution in [0.15, 0.2) is 42.5 Å². The van der Waals surface area contributed by atoms with E-state index in [4.69, 9.17) is 0 Å². The third kappa shape index (κ3) is 3.59. The summed E-state index contributed by atoms with van der Waals surface area (Å²) in [6.45, 7) is 4.23. The second-order valence-electron chi connectivity index (χ2n) is 8.58. The lowest BCUT2D eigenvalue weighted by Gasteiger charge is -2.22. The number of rotatable bonds is 2. The first-order valence-electron chi connectivity index (χ1n) is 10.8. The van der Waals surface area contributed by atoms with Crippen LogP contribution in [0.4, 0.5) is 0 Å². The van der Waals surface area contributed by atoms with Crippen molar-refractivity contribution in [3.05, 3.63) is 53.7 Å². The summed E-state index contributed by atoms with van der Waals surface area (Å²) in [4.78, 5) is 27.1. The molecule has 1 saturated carbocycles. The van der Waals surface area contributed by atoms with Gasteiger partial charge in [0.25, 0.3) is 5.91 Å². The van der Waals surface area contributed by atoms with Gasteiger partial charge in [0, 0.05) is 44.2 Å². The van der Waals surface area contributed by atoms with Crippen LogP contribution in [0.3, 0.4) is 0 Å². The molecule has 0 unspecified atom stereocenters. The van der Waals surface area contributed by atoms with Crippen molar-refractivity contribution in [3.8, 4) is 11.1 Å². The van der Waals surface area contributed by atoms with E-state index in [0.717, 1.165) is 40.6 Å². The van der Waals surface area contributed by atoms with Crippen molar-refractivity contribution in [1.29, 1.82) is 0 Å². The summed E-state index contributed by atoms with van der Waals surface area (Å²) in [5.41, 5.74) is 4.55. The monoisotopic (exact) mass is 417 g/mol. The Morgan fingerprint density at radius 2 is 1.74 bits per heavy atom. The largest absolute Gasteiger partial charge is 0.353 e. The fourth-order valence-corrected chi connectivity index (χ4v) is 4.44. The normalized spacial score (nSPS) is 18.4. The molecule has 1 spiro atoms. The second-order valence-corrected chi connectivity index (χ2v) is 8.58. The summed E-state index contributed by atoms with van der Waals surface area (Å²) in [6, 6.07) is 14.1. The van der Waals surface area contributed by atoms with Crippen LogP contribution in [-0.2, 0) is 11.8 Å². The molecule has 1 aliphatic heterocycles. The molecule has 7 nitrogen and oxygen atoms in total. The van der Waals surface area contributed by atoms with E-state index in [-0.39, 0.29) is 11.8 Å². The molecule has 31 heavy (non-hydrogen) atoms. The highest BCUT2D eigenvalue weighted by molar-refractivity contribution is 5.95. The Balaban J connectivity index is 1.33. The van der Waals surface area contributed by atoms with Crippen LogP contribution < -0.4 is 10.6 Å². The number of carbonyl (C=O) groups is 2. The van der Waals surface area contributed by atoms with Crippen LogP contribution in [0.1, 0.15) is 28.9 Å². The highest BCUT2D eigenvalue weighted by Crippen LogP contribution is 2.35. The van der Waals surface area contributed by atoms with Crippen LogP contribution in [0, 0.1) is 6.92 Å². The molecule has 2 amide bonds. The lowest BCUT2D eigenvalue weighted by atomic mass is 10.0. The van der Waals surface area contributed by atoms with Crippen LogP contribution in [0.2, 0.25) is 0 Å². The van der Waals surface area contributed by atoms with Gasteiger partial charge in [-0.15, -0.1) is 0 Å². The predicted octanol–water partition coefficient (Wildman–Crippen LogP) is 2.24. The van der Waals surface area contributed by atoms with Gasteiger partial charge in [-0.25, -0.2) is 0 Å². The number of carbonyl (C=O) groups excluding carboxylic acids is 2. The number of aryl methyl sites for hydroxylation is 2. The van der Waals surface area contributed by atoms with E-state index in [9.17, 15) is 9.59 Å². The zero-order chi connectivity index (χ0) is 21.6. The van der Waals surface area contributed by atoms with E-state index >= 15 is 0 Å². The minimum absolute atomic E-state index is 0.00657. The van der Waals surface area contributed by atoms with Gasteiger partial charge in [-0.05, 0) is 55.2 Å². The number of aromatic nitrogens is 2. The summed E-state index contributed by atoms with van der Waals surface area (Å²) >= 11 is 0. The molecule has 1 aromatic heterocycles. The fraction of sp³-hybridized carbons (Fsp3) is 0.375. The maximum atomic E-state index is 13.1. The Morgan fingerprint density at radius 3 is 2.48 bits per heavy atom. The van der Waals surface area contributed by atoms with Gasteiger partial charge in [0.05, 0.1) is 16.7 Å².